The normalized spacial score (nSPS) is 13.1. The summed E-state index contributed by atoms with van der Waals surface area (Å²) in [4.78, 5) is 39.6. The lowest BCUT2D eigenvalue weighted by Gasteiger charge is -2.32. The van der Waals surface area contributed by atoms with E-state index in [1.165, 1.54) is 4.90 Å². The Hall–Kier alpha value is -2.61. The van der Waals surface area contributed by atoms with Gasteiger partial charge in [-0.1, -0.05) is 31.5 Å². The zero-order valence-corrected chi connectivity index (χ0v) is 20.4. The van der Waals surface area contributed by atoms with Crippen molar-refractivity contribution in [3.8, 4) is 0 Å². The number of carbonyl (C=O) groups excluding carboxylic acids is 3. The lowest BCUT2D eigenvalue weighted by Crippen LogP contribution is -2.50. The van der Waals surface area contributed by atoms with Gasteiger partial charge in [-0.25, -0.2) is 4.79 Å². The highest BCUT2D eigenvalue weighted by Gasteiger charge is 2.32. The average molecular weight is 450 g/mol. The average Bonchev–Trinajstić information content (AvgIpc) is 2.67. The molecule has 1 aromatic carbocycles. The Labute approximate surface area is 191 Å². The fourth-order valence-corrected chi connectivity index (χ4v) is 3.30. The van der Waals surface area contributed by atoms with E-state index in [-0.39, 0.29) is 31.6 Å². The number of carbonyl (C=O) groups is 3. The third-order valence-electron chi connectivity index (χ3n) is 4.96. The number of aliphatic hydroxyl groups excluding tert-OH is 1. The minimum absolute atomic E-state index is 0.0536. The van der Waals surface area contributed by atoms with E-state index >= 15 is 0 Å². The number of amides is 3. The molecule has 0 aliphatic carbocycles. The lowest BCUT2D eigenvalue weighted by atomic mass is 9.98. The number of hydrogen-bond acceptors (Lipinski definition) is 5. The standard InChI is InChI=1S/C24H39N3O5/c1-8-9-18(4)26-22(30)21(19-11-10-16(2)17(3)14-19)27(12-13-28)20(29)15-25-23(31)32-24(5,6)7/h10-11,14,18,21,28H,8-9,12-13,15H2,1-7H3,(H,25,31)(H,26,30). The van der Waals surface area contributed by atoms with E-state index in [1.807, 2.05) is 45.9 Å². The van der Waals surface area contributed by atoms with Gasteiger partial charge in [-0.05, 0) is 64.7 Å². The second kappa shape index (κ2) is 12.4. The molecule has 3 N–H and O–H groups in total. The Morgan fingerprint density at radius 2 is 1.81 bits per heavy atom. The van der Waals surface area contributed by atoms with Gasteiger partial charge in [-0.3, -0.25) is 9.59 Å². The van der Waals surface area contributed by atoms with Crippen LogP contribution in [0.25, 0.3) is 0 Å². The first-order valence-electron chi connectivity index (χ1n) is 11.1. The molecule has 3 amide bonds. The number of hydrogen-bond donors (Lipinski definition) is 3. The topological polar surface area (TPSA) is 108 Å². The molecule has 0 saturated heterocycles. The van der Waals surface area contributed by atoms with Gasteiger partial charge in [0.1, 0.15) is 18.2 Å². The third kappa shape index (κ3) is 8.86. The van der Waals surface area contributed by atoms with Crippen LogP contribution in [-0.2, 0) is 14.3 Å². The summed E-state index contributed by atoms with van der Waals surface area (Å²) in [6, 6.07) is 4.60. The molecule has 0 fully saturated rings. The maximum absolute atomic E-state index is 13.3. The lowest BCUT2D eigenvalue weighted by molar-refractivity contribution is -0.141. The van der Waals surface area contributed by atoms with Crippen molar-refractivity contribution in [1.82, 2.24) is 15.5 Å². The van der Waals surface area contributed by atoms with Crippen molar-refractivity contribution >= 4 is 17.9 Å². The second-order valence-corrected chi connectivity index (χ2v) is 9.11. The van der Waals surface area contributed by atoms with E-state index < -0.39 is 23.6 Å². The zero-order valence-electron chi connectivity index (χ0n) is 20.4. The van der Waals surface area contributed by atoms with Crippen molar-refractivity contribution in [1.29, 1.82) is 0 Å². The zero-order chi connectivity index (χ0) is 24.5. The van der Waals surface area contributed by atoms with Gasteiger partial charge in [0.15, 0.2) is 0 Å². The fourth-order valence-electron chi connectivity index (χ4n) is 3.30. The first-order chi connectivity index (χ1) is 14.9. The van der Waals surface area contributed by atoms with Gasteiger partial charge in [0, 0.05) is 12.6 Å². The molecular formula is C24H39N3O5. The molecule has 0 spiro atoms. The van der Waals surface area contributed by atoms with E-state index in [0.717, 1.165) is 24.0 Å². The van der Waals surface area contributed by atoms with Crippen LogP contribution in [0.5, 0.6) is 0 Å². The van der Waals surface area contributed by atoms with Gasteiger partial charge in [-0.2, -0.15) is 0 Å². The predicted octanol–water partition coefficient (Wildman–Crippen LogP) is 2.99. The highest BCUT2D eigenvalue weighted by Crippen LogP contribution is 2.24. The molecule has 8 heteroatoms. The first-order valence-corrected chi connectivity index (χ1v) is 11.1. The molecule has 2 atom stereocenters. The van der Waals surface area contributed by atoms with Crippen molar-refractivity contribution in [2.45, 2.75) is 79.0 Å². The molecule has 8 nitrogen and oxygen atoms in total. The molecule has 32 heavy (non-hydrogen) atoms. The summed E-state index contributed by atoms with van der Waals surface area (Å²) in [6.45, 7) is 12.3. The quantitative estimate of drug-likeness (QED) is 0.509. The fraction of sp³-hybridized carbons (Fsp3) is 0.625. The van der Waals surface area contributed by atoms with E-state index in [2.05, 4.69) is 10.6 Å². The number of benzene rings is 1. The monoisotopic (exact) mass is 449 g/mol. The van der Waals surface area contributed by atoms with Crippen LogP contribution in [0.3, 0.4) is 0 Å². The second-order valence-electron chi connectivity index (χ2n) is 9.11. The van der Waals surface area contributed by atoms with Crippen LogP contribution in [0.1, 0.15) is 70.2 Å². The van der Waals surface area contributed by atoms with Crippen molar-refractivity contribution < 1.29 is 24.2 Å². The van der Waals surface area contributed by atoms with Gasteiger partial charge in [-0.15, -0.1) is 0 Å². The van der Waals surface area contributed by atoms with Gasteiger partial charge in [0.25, 0.3) is 0 Å². The molecule has 180 valence electrons. The van der Waals surface area contributed by atoms with Crippen LogP contribution in [0.2, 0.25) is 0 Å². The Morgan fingerprint density at radius 1 is 1.16 bits per heavy atom. The Kier molecular flexibility index (Phi) is 10.7. The van der Waals surface area contributed by atoms with E-state index in [1.54, 1.807) is 20.8 Å². The van der Waals surface area contributed by atoms with Gasteiger partial charge in [0.05, 0.1) is 6.61 Å². The predicted molar refractivity (Wildman–Crippen MR) is 124 cm³/mol. The third-order valence-corrected chi connectivity index (χ3v) is 4.96. The molecule has 1 aromatic rings. The number of rotatable bonds is 10. The number of ether oxygens (including phenoxy) is 1. The van der Waals surface area contributed by atoms with Crippen LogP contribution in [0.15, 0.2) is 18.2 Å². The number of alkyl carbamates (subject to hydrolysis) is 1. The minimum atomic E-state index is -0.936. The number of aryl methyl sites for hydroxylation is 2. The highest BCUT2D eigenvalue weighted by atomic mass is 16.6. The van der Waals surface area contributed by atoms with Crippen molar-refractivity contribution in [3.05, 3.63) is 34.9 Å². The summed E-state index contributed by atoms with van der Waals surface area (Å²) in [5, 5.41) is 15.0. The molecule has 0 aromatic heterocycles. The molecule has 0 bridgehead atoms. The molecule has 2 unspecified atom stereocenters. The molecule has 0 aliphatic rings. The molecule has 0 heterocycles. The van der Waals surface area contributed by atoms with Gasteiger partial charge < -0.3 is 25.4 Å². The Morgan fingerprint density at radius 3 is 2.34 bits per heavy atom. The van der Waals surface area contributed by atoms with Crippen molar-refractivity contribution in [2.24, 2.45) is 0 Å². The molecule has 0 saturated carbocycles. The Balaban J connectivity index is 3.19. The van der Waals surface area contributed by atoms with Crippen LogP contribution in [0, 0.1) is 13.8 Å². The molecule has 0 radical (unpaired) electrons. The van der Waals surface area contributed by atoms with Gasteiger partial charge in [0.2, 0.25) is 11.8 Å². The summed E-state index contributed by atoms with van der Waals surface area (Å²) in [7, 11) is 0. The highest BCUT2D eigenvalue weighted by molar-refractivity contribution is 5.90. The molecular weight excluding hydrogens is 410 g/mol. The SMILES string of the molecule is CCCC(C)NC(=O)C(c1ccc(C)c(C)c1)N(CCO)C(=O)CNC(=O)OC(C)(C)C. The number of aliphatic hydroxyl groups is 1. The largest absolute Gasteiger partial charge is 0.444 e. The minimum Gasteiger partial charge on any atom is -0.444 e. The number of nitrogens with zero attached hydrogens (tertiary/aromatic N) is 1. The molecule has 1 rings (SSSR count). The summed E-state index contributed by atoms with van der Waals surface area (Å²) < 4.78 is 5.18. The first kappa shape index (κ1) is 27.4. The summed E-state index contributed by atoms with van der Waals surface area (Å²) in [5.41, 5.74) is 2.01. The van der Waals surface area contributed by atoms with E-state index in [9.17, 15) is 19.5 Å². The van der Waals surface area contributed by atoms with Crippen molar-refractivity contribution in [2.75, 3.05) is 19.7 Å². The van der Waals surface area contributed by atoms with Crippen LogP contribution in [-0.4, -0.2) is 59.3 Å². The Bertz CT molecular complexity index is 788. The van der Waals surface area contributed by atoms with Crippen LogP contribution in [0.4, 0.5) is 4.79 Å². The van der Waals surface area contributed by atoms with Crippen molar-refractivity contribution in [3.63, 3.8) is 0 Å². The number of nitrogens with one attached hydrogen (secondary N) is 2. The van der Waals surface area contributed by atoms with E-state index in [4.69, 9.17) is 4.74 Å². The van der Waals surface area contributed by atoms with Gasteiger partial charge >= 0.3 is 6.09 Å². The molecule has 0 aliphatic heterocycles. The summed E-state index contributed by atoms with van der Waals surface area (Å²) >= 11 is 0. The smallest absolute Gasteiger partial charge is 0.408 e. The van der Waals surface area contributed by atoms with E-state index in [0.29, 0.717) is 5.56 Å². The van der Waals surface area contributed by atoms with Crippen LogP contribution < -0.4 is 10.6 Å². The summed E-state index contributed by atoms with van der Waals surface area (Å²) in [6.07, 6.45) is 0.993. The maximum Gasteiger partial charge on any atom is 0.408 e. The maximum atomic E-state index is 13.3. The summed E-state index contributed by atoms with van der Waals surface area (Å²) in [5.74, 6) is -0.820. The van der Waals surface area contributed by atoms with Crippen LogP contribution >= 0.6 is 0 Å².